The van der Waals surface area contributed by atoms with Crippen LogP contribution >= 0.6 is 0 Å². The number of rotatable bonds is 9. The Kier molecular flexibility index (Phi) is 6.52. The fourth-order valence-electron chi connectivity index (χ4n) is 4.67. The van der Waals surface area contributed by atoms with E-state index in [0.29, 0.717) is 18.8 Å². The number of esters is 1. The number of anilines is 2. The average molecular weight is 491 g/mol. The highest BCUT2D eigenvalue weighted by Crippen LogP contribution is 2.38. The number of nitrogens with zero attached hydrogens (tertiary/aromatic N) is 5. The van der Waals surface area contributed by atoms with Crippen LogP contribution in [0.3, 0.4) is 0 Å². The van der Waals surface area contributed by atoms with Crippen molar-refractivity contribution in [2.45, 2.75) is 32.9 Å². The number of ether oxygens (including phenoxy) is 1. The molecule has 1 aromatic carbocycles. The highest BCUT2D eigenvalue weighted by molar-refractivity contribution is 5.85. The maximum atomic E-state index is 12.4. The van der Waals surface area contributed by atoms with E-state index in [9.17, 15) is 14.9 Å². The lowest BCUT2D eigenvalue weighted by Crippen LogP contribution is -2.33. The van der Waals surface area contributed by atoms with E-state index < -0.39 is 4.92 Å². The predicted octanol–water partition coefficient (Wildman–Crippen LogP) is 3.98. The zero-order chi connectivity index (χ0) is 25.1. The van der Waals surface area contributed by atoms with Gasteiger partial charge in [-0.25, -0.2) is 9.97 Å². The Morgan fingerprint density at radius 2 is 2.14 bits per heavy atom. The number of aromatic amines is 1. The van der Waals surface area contributed by atoms with E-state index in [2.05, 4.69) is 21.0 Å². The first kappa shape index (κ1) is 23.3. The molecule has 5 rings (SSSR count). The summed E-state index contributed by atoms with van der Waals surface area (Å²) in [5, 5.41) is 13.5. The minimum atomic E-state index is -0.453. The van der Waals surface area contributed by atoms with E-state index in [4.69, 9.17) is 9.15 Å². The number of nitro groups is 1. The SMILES string of the molecule is CCOC(=O)CCN(Cc1ccco1)c1ncnc(N2CCc3c([nH]c4ccccc34)C2)c1[N+](=O)[O-]. The predicted molar refractivity (Wildman–Crippen MR) is 133 cm³/mol. The third kappa shape index (κ3) is 4.59. The van der Waals surface area contributed by atoms with Crippen LogP contribution in [0.25, 0.3) is 10.9 Å². The molecule has 0 spiro atoms. The maximum Gasteiger partial charge on any atom is 0.353 e. The van der Waals surface area contributed by atoms with Gasteiger partial charge in [0, 0.05) is 29.7 Å². The number of furan rings is 1. The average Bonchev–Trinajstić information content (AvgIpc) is 3.53. The molecule has 0 aliphatic carbocycles. The Balaban J connectivity index is 1.49. The number of carbonyl (C=O) groups is 1. The fraction of sp³-hybridized carbons (Fsp3) is 0.320. The molecule has 0 atom stereocenters. The van der Waals surface area contributed by atoms with Crippen molar-refractivity contribution in [3.63, 3.8) is 0 Å². The molecule has 0 fully saturated rings. The smallest absolute Gasteiger partial charge is 0.353 e. The summed E-state index contributed by atoms with van der Waals surface area (Å²) >= 11 is 0. The maximum absolute atomic E-state index is 12.4. The van der Waals surface area contributed by atoms with Crippen molar-refractivity contribution in [1.82, 2.24) is 15.0 Å². The van der Waals surface area contributed by atoms with Gasteiger partial charge in [0.2, 0.25) is 11.6 Å². The number of hydrogen-bond donors (Lipinski definition) is 1. The third-order valence-electron chi connectivity index (χ3n) is 6.27. The van der Waals surface area contributed by atoms with Gasteiger partial charge in [-0.3, -0.25) is 14.9 Å². The normalized spacial score (nSPS) is 13.0. The van der Waals surface area contributed by atoms with Gasteiger partial charge in [-0.1, -0.05) is 18.2 Å². The molecular formula is C25H26N6O5. The number of hydrogen-bond acceptors (Lipinski definition) is 9. The molecule has 186 valence electrons. The van der Waals surface area contributed by atoms with Crippen molar-refractivity contribution >= 4 is 34.2 Å². The molecular weight excluding hydrogens is 464 g/mol. The van der Waals surface area contributed by atoms with E-state index in [1.165, 1.54) is 23.5 Å². The molecule has 0 amide bonds. The van der Waals surface area contributed by atoms with Crippen LogP contribution < -0.4 is 9.80 Å². The molecule has 0 radical (unpaired) electrons. The molecule has 0 unspecified atom stereocenters. The highest BCUT2D eigenvalue weighted by atomic mass is 16.6. The summed E-state index contributed by atoms with van der Waals surface area (Å²) in [6, 6.07) is 11.6. The summed E-state index contributed by atoms with van der Waals surface area (Å²) in [6.45, 7) is 3.41. The van der Waals surface area contributed by atoms with Crippen LogP contribution in [0.2, 0.25) is 0 Å². The van der Waals surface area contributed by atoms with Crippen molar-refractivity contribution in [3.8, 4) is 0 Å². The van der Waals surface area contributed by atoms with E-state index in [-0.39, 0.29) is 49.4 Å². The van der Waals surface area contributed by atoms with Crippen molar-refractivity contribution < 1.29 is 18.9 Å². The largest absolute Gasteiger partial charge is 0.467 e. The molecule has 4 aromatic rings. The number of para-hydroxylation sites is 1. The van der Waals surface area contributed by atoms with Crippen LogP contribution in [0.5, 0.6) is 0 Å². The van der Waals surface area contributed by atoms with Gasteiger partial charge >= 0.3 is 11.7 Å². The number of fused-ring (bicyclic) bond motifs is 3. The van der Waals surface area contributed by atoms with Crippen LogP contribution in [-0.2, 0) is 29.0 Å². The summed E-state index contributed by atoms with van der Waals surface area (Å²) in [4.78, 5) is 39.6. The van der Waals surface area contributed by atoms with Crippen molar-refractivity contribution in [3.05, 3.63) is 76.1 Å². The Hall–Kier alpha value is -4.41. The lowest BCUT2D eigenvalue weighted by atomic mass is 10.0. The quantitative estimate of drug-likeness (QED) is 0.210. The Labute approximate surface area is 206 Å². The molecule has 11 heteroatoms. The van der Waals surface area contributed by atoms with Gasteiger partial charge in [-0.2, -0.15) is 0 Å². The second-order valence-corrected chi connectivity index (χ2v) is 8.48. The van der Waals surface area contributed by atoms with Crippen LogP contribution in [0.1, 0.15) is 30.4 Å². The number of benzene rings is 1. The van der Waals surface area contributed by atoms with Crippen molar-refractivity contribution in [2.75, 3.05) is 29.5 Å². The number of aromatic nitrogens is 3. The monoisotopic (exact) mass is 490 g/mol. The molecule has 11 nitrogen and oxygen atoms in total. The van der Waals surface area contributed by atoms with Gasteiger partial charge in [0.25, 0.3) is 0 Å². The van der Waals surface area contributed by atoms with Crippen molar-refractivity contribution in [2.24, 2.45) is 0 Å². The molecule has 1 N–H and O–H groups in total. The summed E-state index contributed by atoms with van der Waals surface area (Å²) in [7, 11) is 0. The van der Waals surface area contributed by atoms with E-state index >= 15 is 0 Å². The van der Waals surface area contributed by atoms with Gasteiger partial charge in [0.1, 0.15) is 12.1 Å². The summed E-state index contributed by atoms with van der Waals surface area (Å²) in [5.41, 5.74) is 3.10. The zero-order valence-electron chi connectivity index (χ0n) is 19.8. The van der Waals surface area contributed by atoms with Crippen molar-refractivity contribution in [1.29, 1.82) is 0 Å². The van der Waals surface area contributed by atoms with Crippen LogP contribution in [0.4, 0.5) is 17.3 Å². The standard InChI is InChI=1S/C25H26N6O5/c1-2-35-22(32)10-12-29(14-17-6-5-13-36-17)24-23(31(33)34)25(27-16-26-24)30-11-9-19-18-7-3-4-8-20(18)28-21(19)15-30/h3-8,13,16,28H,2,9-12,14-15H2,1H3. The lowest BCUT2D eigenvalue weighted by Gasteiger charge is -2.29. The first-order valence-electron chi connectivity index (χ1n) is 11.8. The van der Waals surface area contributed by atoms with Gasteiger partial charge in [0.05, 0.1) is 37.3 Å². The Morgan fingerprint density at radius 3 is 2.92 bits per heavy atom. The highest BCUT2D eigenvalue weighted by Gasteiger charge is 2.33. The molecule has 0 saturated carbocycles. The summed E-state index contributed by atoms with van der Waals surface area (Å²) < 4.78 is 10.5. The van der Waals surface area contributed by atoms with E-state index in [0.717, 1.165) is 17.6 Å². The van der Waals surface area contributed by atoms with E-state index in [1.54, 1.807) is 24.0 Å². The third-order valence-corrected chi connectivity index (χ3v) is 6.27. The second-order valence-electron chi connectivity index (χ2n) is 8.48. The summed E-state index contributed by atoms with van der Waals surface area (Å²) in [6.07, 6.45) is 3.64. The first-order chi connectivity index (χ1) is 17.5. The molecule has 0 bridgehead atoms. The molecule has 0 saturated heterocycles. The fourth-order valence-corrected chi connectivity index (χ4v) is 4.67. The Morgan fingerprint density at radius 1 is 1.28 bits per heavy atom. The topological polar surface area (TPSA) is 131 Å². The van der Waals surface area contributed by atoms with E-state index in [1.807, 2.05) is 23.1 Å². The molecule has 36 heavy (non-hydrogen) atoms. The van der Waals surface area contributed by atoms with Crippen LogP contribution in [0, 0.1) is 10.1 Å². The minimum absolute atomic E-state index is 0.0488. The summed E-state index contributed by atoms with van der Waals surface area (Å²) in [5.74, 6) is 0.582. The zero-order valence-corrected chi connectivity index (χ0v) is 19.8. The molecule has 1 aliphatic rings. The molecule has 4 heterocycles. The van der Waals surface area contributed by atoms with Crippen LogP contribution in [0.15, 0.2) is 53.4 Å². The van der Waals surface area contributed by atoms with Gasteiger partial charge in [-0.05, 0) is 37.1 Å². The van der Waals surface area contributed by atoms with Gasteiger partial charge < -0.3 is 23.9 Å². The Bertz CT molecular complexity index is 1380. The lowest BCUT2D eigenvalue weighted by molar-refractivity contribution is -0.383. The minimum Gasteiger partial charge on any atom is -0.467 e. The van der Waals surface area contributed by atoms with Gasteiger partial charge in [-0.15, -0.1) is 0 Å². The second kappa shape index (κ2) is 10.1. The number of H-pyrrole nitrogens is 1. The molecule has 3 aromatic heterocycles. The number of carbonyl (C=O) groups excluding carboxylic acids is 1. The number of nitrogens with one attached hydrogen (secondary N) is 1. The first-order valence-corrected chi connectivity index (χ1v) is 11.8. The molecule has 1 aliphatic heterocycles. The van der Waals surface area contributed by atoms with Gasteiger partial charge in [0.15, 0.2) is 0 Å². The van der Waals surface area contributed by atoms with Crippen LogP contribution in [-0.4, -0.2) is 45.5 Å².